The molecule has 1 heterocycles. The number of halogens is 2. The van der Waals surface area contributed by atoms with Crippen molar-refractivity contribution in [2.24, 2.45) is 0 Å². The summed E-state index contributed by atoms with van der Waals surface area (Å²) in [6, 6.07) is 4.08. The number of aromatic nitrogens is 2. The number of hydrogen-bond acceptors (Lipinski definition) is 6. The zero-order valence-electron chi connectivity index (χ0n) is 13.7. The maximum Gasteiger partial charge on any atom is 0.338 e. The first-order valence-corrected chi connectivity index (χ1v) is 8.29. The number of benzene rings is 1. The average Bonchev–Trinajstić information content (AvgIpc) is 2.55. The van der Waals surface area contributed by atoms with Crippen LogP contribution in [0.25, 0.3) is 0 Å². The number of Topliss-reactive ketones (excluding diaryl/α,β-unsaturated/α-hetero) is 1. The molecule has 0 saturated heterocycles. The first kappa shape index (κ1) is 19.7. The highest BCUT2D eigenvalue weighted by atomic mass is 35.5. The van der Waals surface area contributed by atoms with Crippen LogP contribution in [0.5, 0.6) is 0 Å². The number of carbonyl (C=O) groups is 2. The number of nitrogens with two attached hydrogens (primary N) is 1. The number of ether oxygens (including phenoxy) is 1. The first-order valence-electron chi connectivity index (χ1n) is 7.53. The molecule has 0 bridgehead atoms. The minimum atomic E-state index is -0.938. The van der Waals surface area contributed by atoms with E-state index in [1.807, 2.05) is 4.98 Å². The summed E-state index contributed by atoms with van der Waals surface area (Å²) in [5.74, 6) is -1.96. The number of carbonyl (C=O) groups excluding carboxylic acids is 2. The molecule has 1 aromatic carbocycles. The summed E-state index contributed by atoms with van der Waals surface area (Å²) in [7, 11) is 0. The van der Waals surface area contributed by atoms with Crippen molar-refractivity contribution in [3.8, 4) is 0 Å². The van der Waals surface area contributed by atoms with Gasteiger partial charge in [0.2, 0.25) is 5.78 Å². The summed E-state index contributed by atoms with van der Waals surface area (Å²) >= 11 is 11.6. The van der Waals surface area contributed by atoms with Gasteiger partial charge in [0, 0.05) is 16.6 Å². The highest BCUT2D eigenvalue weighted by Crippen LogP contribution is 2.19. The molecular formula is C16H15Cl2N3O5. The maximum absolute atomic E-state index is 12.3. The fourth-order valence-corrected chi connectivity index (χ4v) is 2.79. The van der Waals surface area contributed by atoms with Gasteiger partial charge in [-0.1, -0.05) is 30.1 Å². The Morgan fingerprint density at radius 2 is 1.81 bits per heavy atom. The van der Waals surface area contributed by atoms with E-state index in [4.69, 9.17) is 33.7 Å². The Balaban J connectivity index is 2.23. The molecule has 1 aromatic heterocycles. The van der Waals surface area contributed by atoms with Gasteiger partial charge < -0.3 is 10.5 Å². The molecule has 0 unspecified atom stereocenters. The average molecular weight is 400 g/mol. The molecule has 26 heavy (non-hydrogen) atoms. The number of rotatable bonds is 6. The fraction of sp³-hybridized carbons (Fsp3) is 0.250. The molecule has 138 valence electrons. The van der Waals surface area contributed by atoms with E-state index < -0.39 is 35.2 Å². The number of nitrogen functional groups attached to an aromatic ring is 1. The smallest absolute Gasteiger partial charge is 0.338 e. The standard InChI is InChI=1S/C16H15Cl2N3O5/c1-2-3-21-13(19)12(14(23)20-16(21)25)11(22)7-26-15(24)8-4-9(17)6-10(18)5-8/h4-6H,2-3,7,19H2,1H3,(H,20,23,25). The minimum absolute atomic E-state index is 0.0492. The molecule has 0 atom stereocenters. The Bertz CT molecular complexity index is 961. The van der Waals surface area contributed by atoms with E-state index in [0.717, 1.165) is 4.57 Å². The molecule has 2 rings (SSSR count). The molecule has 0 aliphatic rings. The van der Waals surface area contributed by atoms with E-state index in [1.165, 1.54) is 18.2 Å². The lowest BCUT2D eigenvalue weighted by molar-refractivity contribution is 0.0474. The quantitative estimate of drug-likeness (QED) is 0.564. The predicted octanol–water partition coefficient (Wildman–Crippen LogP) is 1.88. The van der Waals surface area contributed by atoms with Crippen LogP contribution in [-0.2, 0) is 11.3 Å². The monoisotopic (exact) mass is 399 g/mol. The number of hydrogen-bond donors (Lipinski definition) is 2. The molecule has 0 aliphatic heterocycles. The number of H-pyrrole nitrogens is 1. The summed E-state index contributed by atoms with van der Waals surface area (Å²) in [6.07, 6.45) is 0.564. The summed E-state index contributed by atoms with van der Waals surface area (Å²) in [4.78, 5) is 50.0. The number of ketones is 1. The van der Waals surface area contributed by atoms with Crippen molar-refractivity contribution in [1.29, 1.82) is 0 Å². The molecule has 0 saturated carbocycles. The Hall–Kier alpha value is -2.58. The number of aromatic amines is 1. The van der Waals surface area contributed by atoms with Crippen LogP contribution in [0.2, 0.25) is 10.0 Å². The van der Waals surface area contributed by atoms with Crippen LogP contribution in [0.15, 0.2) is 27.8 Å². The van der Waals surface area contributed by atoms with Gasteiger partial charge in [-0.3, -0.25) is 19.1 Å². The summed E-state index contributed by atoms with van der Waals surface area (Å²) in [5.41, 5.74) is 3.74. The van der Waals surface area contributed by atoms with Crippen molar-refractivity contribution in [3.63, 3.8) is 0 Å². The van der Waals surface area contributed by atoms with E-state index >= 15 is 0 Å². The summed E-state index contributed by atoms with van der Waals surface area (Å²) < 4.78 is 5.97. The lowest BCUT2D eigenvalue weighted by Gasteiger charge is -2.11. The molecule has 8 nitrogen and oxygen atoms in total. The van der Waals surface area contributed by atoms with Crippen LogP contribution >= 0.6 is 23.2 Å². The number of anilines is 1. The van der Waals surface area contributed by atoms with Crippen LogP contribution in [0, 0.1) is 0 Å². The predicted molar refractivity (Wildman–Crippen MR) is 97.1 cm³/mol. The Labute approximate surface area is 157 Å². The first-order chi connectivity index (χ1) is 12.2. The van der Waals surface area contributed by atoms with E-state index in [9.17, 15) is 19.2 Å². The Morgan fingerprint density at radius 3 is 2.38 bits per heavy atom. The van der Waals surface area contributed by atoms with Crippen LogP contribution in [-0.4, -0.2) is 27.9 Å². The van der Waals surface area contributed by atoms with Gasteiger partial charge in [0.1, 0.15) is 11.4 Å². The van der Waals surface area contributed by atoms with Gasteiger partial charge in [-0.15, -0.1) is 0 Å². The van der Waals surface area contributed by atoms with Gasteiger partial charge in [0.05, 0.1) is 5.56 Å². The zero-order chi connectivity index (χ0) is 19.4. The molecule has 0 radical (unpaired) electrons. The van der Waals surface area contributed by atoms with Gasteiger partial charge in [-0.2, -0.15) is 0 Å². The highest BCUT2D eigenvalue weighted by molar-refractivity contribution is 6.35. The van der Waals surface area contributed by atoms with Crippen molar-refractivity contribution in [2.75, 3.05) is 12.3 Å². The van der Waals surface area contributed by atoms with Gasteiger partial charge >= 0.3 is 11.7 Å². The fourth-order valence-electron chi connectivity index (χ4n) is 2.26. The SMILES string of the molecule is CCCn1c(N)c(C(=O)COC(=O)c2cc(Cl)cc(Cl)c2)c(=O)[nH]c1=O. The number of nitrogens with zero attached hydrogens (tertiary/aromatic N) is 1. The van der Waals surface area contributed by atoms with E-state index in [-0.39, 0.29) is 28.0 Å². The van der Waals surface area contributed by atoms with Gasteiger partial charge in [0.25, 0.3) is 5.56 Å². The van der Waals surface area contributed by atoms with E-state index in [0.29, 0.717) is 6.42 Å². The highest BCUT2D eigenvalue weighted by Gasteiger charge is 2.21. The Kier molecular flexibility index (Phi) is 6.23. The number of esters is 1. The lowest BCUT2D eigenvalue weighted by Crippen LogP contribution is -2.37. The minimum Gasteiger partial charge on any atom is -0.454 e. The second kappa shape index (κ2) is 8.20. The lowest BCUT2D eigenvalue weighted by atomic mass is 10.2. The Morgan fingerprint density at radius 1 is 1.19 bits per heavy atom. The molecule has 10 heteroatoms. The second-order valence-electron chi connectivity index (χ2n) is 5.33. The van der Waals surface area contributed by atoms with E-state index in [1.54, 1.807) is 6.92 Å². The van der Waals surface area contributed by atoms with Crippen molar-refractivity contribution in [3.05, 3.63) is 60.2 Å². The topological polar surface area (TPSA) is 124 Å². The van der Waals surface area contributed by atoms with Crippen LogP contribution in [0.1, 0.15) is 34.1 Å². The molecule has 0 fully saturated rings. The summed E-state index contributed by atoms with van der Waals surface area (Å²) in [5, 5.41) is 0.450. The zero-order valence-corrected chi connectivity index (χ0v) is 15.2. The summed E-state index contributed by atoms with van der Waals surface area (Å²) in [6.45, 7) is 1.29. The van der Waals surface area contributed by atoms with Crippen molar-refractivity contribution < 1.29 is 14.3 Å². The molecular weight excluding hydrogens is 385 g/mol. The second-order valence-corrected chi connectivity index (χ2v) is 6.20. The third-order valence-electron chi connectivity index (χ3n) is 3.40. The molecule has 0 aliphatic carbocycles. The van der Waals surface area contributed by atoms with Crippen LogP contribution in [0.3, 0.4) is 0 Å². The molecule has 3 N–H and O–H groups in total. The molecule has 2 aromatic rings. The third kappa shape index (κ3) is 4.33. The normalized spacial score (nSPS) is 10.6. The largest absolute Gasteiger partial charge is 0.454 e. The van der Waals surface area contributed by atoms with Gasteiger partial charge in [-0.05, 0) is 24.6 Å². The van der Waals surface area contributed by atoms with Crippen molar-refractivity contribution in [2.45, 2.75) is 19.9 Å². The van der Waals surface area contributed by atoms with E-state index in [2.05, 4.69) is 0 Å². The van der Waals surface area contributed by atoms with Crippen LogP contribution < -0.4 is 17.0 Å². The van der Waals surface area contributed by atoms with Crippen molar-refractivity contribution >= 4 is 40.8 Å². The molecule has 0 amide bonds. The molecule has 0 spiro atoms. The van der Waals surface area contributed by atoms with Gasteiger partial charge in [0.15, 0.2) is 6.61 Å². The number of nitrogens with one attached hydrogen (secondary N) is 1. The third-order valence-corrected chi connectivity index (χ3v) is 3.83. The maximum atomic E-state index is 12.3. The van der Waals surface area contributed by atoms with Gasteiger partial charge in [-0.25, -0.2) is 9.59 Å². The van der Waals surface area contributed by atoms with Crippen molar-refractivity contribution in [1.82, 2.24) is 9.55 Å². The van der Waals surface area contributed by atoms with Crippen LogP contribution in [0.4, 0.5) is 5.82 Å².